The molecule has 588 valence electrons. The van der Waals surface area contributed by atoms with Crippen molar-refractivity contribution in [3.63, 3.8) is 0 Å². The third-order valence-electron chi connectivity index (χ3n) is 18.8. The van der Waals surface area contributed by atoms with Gasteiger partial charge in [0.1, 0.15) is 66.5 Å². The van der Waals surface area contributed by atoms with Gasteiger partial charge in [0.2, 0.25) is 65.0 Å². The number of aliphatic hydroxyl groups is 2. The van der Waals surface area contributed by atoms with Crippen molar-refractivity contribution in [1.29, 1.82) is 0 Å². The Morgan fingerprint density at radius 2 is 0.912 bits per heavy atom. The molecule has 1 rings (SSSR count). The number of allylic oxidation sites excluding steroid dienone is 2. The molecule has 0 unspecified atom stereocenters. The molecule has 0 aromatic rings. The van der Waals surface area contributed by atoms with Crippen LogP contribution in [0.3, 0.4) is 0 Å². The first kappa shape index (κ1) is 94.2. The Balaban J connectivity index is 4.62. The number of rotatable bonds is 23. The fourth-order valence-corrected chi connectivity index (χ4v) is 14.2. The van der Waals surface area contributed by atoms with Gasteiger partial charge in [0.25, 0.3) is 0 Å². The van der Waals surface area contributed by atoms with Crippen molar-refractivity contribution in [2.75, 3.05) is 80.5 Å². The number of nitrogens with one attached hydrogen (secondary N) is 4. The zero-order valence-electron chi connectivity index (χ0n) is 68.4. The molecule has 11 amide bonds. The maximum absolute atomic E-state index is 15.6. The molecule has 6 N–H and O–H groups in total. The maximum atomic E-state index is 15.6. The number of carbonyl (C=O) groups is 11. The van der Waals surface area contributed by atoms with E-state index in [0.717, 1.165) is 29.4 Å². The molecule has 0 radical (unpaired) electrons. The highest BCUT2D eigenvalue weighted by molar-refractivity contribution is 7.99. The van der Waals surface area contributed by atoms with Crippen LogP contribution < -0.4 is 21.3 Å². The summed E-state index contributed by atoms with van der Waals surface area (Å²) in [5.41, 5.74) is -1.58. The largest absolute Gasteiger partial charge is 0.390 e. The van der Waals surface area contributed by atoms with Crippen molar-refractivity contribution < 1.29 is 63.0 Å². The third-order valence-corrected chi connectivity index (χ3v) is 19.9. The average molecular weight is 1460 g/mol. The molecule has 26 heteroatoms. The topological polar surface area (TPSA) is 302 Å². The molecule has 102 heavy (non-hydrogen) atoms. The summed E-state index contributed by atoms with van der Waals surface area (Å²) in [6.45, 7) is 44.6. The van der Waals surface area contributed by atoms with Gasteiger partial charge in [-0.2, -0.15) is 11.8 Å². The molecule has 1 fully saturated rings. The van der Waals surface area contributed by atoms with Gasteiger partial charge >= 0.3 is 0 Å². The highest BCUT2D eigenvalue weighted by Gasteiger charge is 2.47. The minimum Gasteiger partial charge on any atom is -0.390 e. The van der Waals surface area contributed by atoms with Crippen LogP contribution in [-0.2, 0) is 52.7 Å². The van der Waals surface area contributed by atoms with Crippen LogP contribution in [0.2, 0.25) is 0 Å². The summed E-state index contributed by atoms with van der Waals surface area (Å²) in [4.78, 5) is 177. The van der Waals surface area contributed by atoms with Crippen LogP contribution in [0, 0.1) is 46.3 Å². The second-order valence-electron chi connectivity index (χ2n) is 34.0. The molecular formula is C76H140N12O13S. The molecule has 0 aliphatic carbocycles. The van der Waals surface area contributed by atoms with Crippen LogP contribution in [0.4, 0.5) is 0 Å². The van der Waals surface area contributed by atoms with Gasteiger partial charge < -0.3 is 70.7 Å². The van der Waals surface area contributed by atoms with Crippen LogP contribution >= 0.6 is 11.8 Å². The van der Waals surface area contributed by atoms with Gasteiger partial charge in [-0.15, -0.1) is 0 Å². The van der Waals surface area contributed by atoms with Crippen LogP contribution in [0.15, 0.2) is 12.2 Å². The van der Waals surface area contributed by atoms with Crippen molar-refractivity contribution in [3.8, 4) is 0 Å². The van der Waals surface area contributed by atoms with E-state index in [9.17, 15) is 29.4 Å². The summed E-state index contributed by atoms with van der Waals surface area (Å²) < 4.78 is 0. The van der Waals surface area contributed by atoms with Crippen molar-refractivity contribution in [2.45, 2.75) is 282 Å². The maximum Gasteiger partial charge on any atom is 0.246 e. The lowest BCUT2D eigenvalue weighted by Crippen LogP contribution is -2.64. The minimum atomic E-state index is -1.67. The van der Waals surface area contributed by atoms with E-state index in [-0.39, 0.29) is 72.9 Å². The Morgan fingerprint density at radius 1 is 0.490 bits per heavy atom. The molecule has 1 aliphatic rings. The second kappa shape index (κ2) is 41.7. The Kier molecular flexibility index (Phi) is 38.5. The molecule has 13 atom stereocenters. The van der Waals surface area contributed by atoms with Crippen LogP contribution in [0.25, 0.3) is 0 Å². The number of likely N-dealkylation sites (N-methyl/N-ethyl adjacent to an activating group) is 7. The summed E-state index contributed by atoms with van der Waals surface area (Å²) >= 11 is 1.43. The van der Waals surface area contributed by atoms with Crippen LogP contribution in [0.5, 0.6) is 0 Å². The molecule has 1 heterocycles. The monoisotopic (exact) mass is 1460 g/mol. The molecule has 1 saturated heterocycles. The molecule has 0 saturated carbocycles. The van der Waals surface area contributed by atoms with Crippen molar-refractivity contribution in [1.82, 2.24) is 60.5 Å². The summed E-state index contributed by atoms with van der Waals surface area (Å²) in [6, 6.07) is -14.5. The number of aliphatic hydroxyl groups excluding tert-OH is 1. The fraction of sp³-hybridized carbons (Fsp3) is 0.829. The number of hydrogen-bond donors (Lipinski definition) is 6. The Bertz CT molecular complexity index is 2780. The van der Waals surface area contributed by atoms with Crippen molar-refractivity contribution >= 4 is 76.7 Å². The number of hydrogen-bond acceptors (Lipinski definition) is 15. The molecule has 0 aromatic carbocycles. The van der Waals surface area contributed by atoms with Crippen LogP contribution in [0.1, 0.15) is 204 Å². The van der Waals surface area contributed by atoms with Gasteiger partial charge in [0.15, 0.2) is 0 Å². The summed E-state index contributed by atoms with van der Waals surface area (Å²) in [5, 5.41) is 35.1. The van der Waals surface area contributed by atoms with Crippen molar-refractivity contribution in [2.24, 2.45) is 46.3 Å². The Labute approximate surface area is 618 Å². The van der Waals surface area contributed by atoms with Gasteiger partial charge in [0.05, 0.1) is 11.7 Å². The number of nitrogens with zero attached hydrogens (tertiary/aromatic N) is 8. The first-order valence-corrected chi connectivity index (χ1v) is 38.2. The fourth-order valence-electron chi connectivity index (χ4n) is 13.1. The SMILES string of the molecule is C/C=C/C[C@@H](C)[C@@H](O)[C@H]1C(=O)N[C@@H](CC)C(=O)N(C)[C@H](CSCCCN(CC(C)(C)C)CC(C)(C)C)C(=O)N(C)[C@@H](CC(C)(C)O)C(=O)N[C@@H](C(C)C)C(=O)N(C)[C@@H](CC(C)C)C(=O)N[C@@H](C)C(=O)N[C@H](C)C(=O)N(C)[C@@H](CC(C)C)C(=O)N(C)[C@@H](CC(C)C)C(=O)N(C)[C@@H](C(C)C)C(=O)N1C. The third kappa shape index (κ3) is 29.2. The first-order chi connectivity index (χ1) is 46.7. The lowest BCUT2D eigenvalue weighted by molar-refractivity contribution is -0.157. The van der Waals surface area contributed by atoms with E-state index < -0.39 is 161 Å². The summed E-state index contributed by atoms with van der Waals surface area (Å²) in [5.74, 6) is -9.71. The zero-order chi connectivity index (χ0) is 79.3. The van der Waals surface area contributed by atoms with Gasteiger partial charge in [-0.25, -0.2) is 0 Å². The van der Waals surface area contributed by atoms with Gasteiger partial charge in [0, 0.05) is 74.6 Å². The molecule has 0 aromatic heterocycles. The van der Waals surface area contributed by atoms with Gasteiger partial charge in [-0.3, -0.25) is 52.7 Å². The predicted molar refractivity (Wildman–Crippen MR) is 406 cm³/mol. The molecular weight excluding hydrogens is 1320 g/mol. The summed E-state index contributed by atoms with van der Waals surface area (Å²) in [7, 11) is 9.95. The number of amides is 11. The lowest BCUT2D eigenvalue weighted by atomic mass is 9.91. The average Bonchev–Trinajstić information content (AvgIpc) is 0.803. The van der Waals surface area contributed by atoms with Gasteiger partial charge in [-0.1, -0.05) is 137 Å². The zero-order valence-corrected chi connectivity index (χ0v) is 69.2. The molecule has 25 nitrogen and oxygen atoms in total. The predicted octanol–water partition coefficient (Wildman–Crippen LogP) is 6.27. The van der Waals surface area contributed by atoms with E-state index in [1.165, 1.54) is 113 Å². The first-order valence-electron chi connectivity index (χ1n) is 37.1. The molecule has 0 spiro atoms. The van der Waals surface area contributed by atoms with E-state index in [1.807, 2.05) is 47.6 Å². The number of thioether (sulfide) groups is 1. The Hall–Kier alpha value is -5.86. The van der Waals surface area contributed by atoms with E-state index in [1.54, 1.807) is 54.5 Å². The standard InChI is InChI=1S/C76H140N12O13S/c1-31-33-35-50(13)62(89)61-66(93)79-53(32-2)68(95)85(28)58(42-102-37-34-36-88(43-74(16,17)18)44-75(19,20)21)71(98)84(27)57(41-76(22,23)101)65(92)80-59(48(9)10)72(99)81(24)54(38-45(3)4)64(91)77-51(14)63(90)78-52(15)67(94)82(25)55(39-46(5)6)69(96)83(26)56(40-47(7)8)70(97)86(29)60(49(11)12)73(100)87(61)30/h31,33,45-62,89,101H,32,34-44H2,1-30H3,(H,77,91)(H,78,90)(H,79,93)(H,80,92)/b33-31+/t50-,51+,52-,53+,54+,55+,56+,57+,58-,59+,60+,61+,62-/m1/s1. The smallest absolute Gasteiger partial charge is 0.246 e. The highest BCUT2D eigenvalue weighted by atomic mass is 32.2. The number of carbonyl (C=O) groups excluding carboxylic acids is 11. The Morgan fingerprint density at radius 3 is 1.36 bits per heavy atom. The molecule has 1 aliphatic heterocycles. The van der Waals surface area contributed by atoms with Crippen LogP contribution in [-0.4, -0.2) is 273 Å². The second-order valence-corrected chi connectivity index (χ2v) is 35.1. The van der Waals surface area contributed by atoms with E-state index in [0.29, 0.717) is 12.2 Å². The minimum absolute atomic E-state index is 0.00772. The summed E-state index contributed by atoms with van der Waals surface area (Å²) in [6.07, 6.45) is 3.07. The van der Waals surface area contributed by atoms with Crippen molar-refractivity contribution in [3.05, 3.63) is 12.2 Å². The quantitative estimate of drug-likeness (QED) is 0.0485. The lowest BCUT2D eigenvalue weighted by Gasteiger charge is -2.41. The van der Waals surface area contributed by atoms with Gasteiger partial charge in [-0.05, 0) is 132 Å². The normalized spacial score (nSPS) is 25.7. The molecule has 0 bridgehead atoms. The van der Waals surface area contributed by atoms with E-state index >= 15 is 33.6 Å². The van der Waals surface area contributed by atoms with E-state index in [2.05, 4.69) is 67.7 Å². The van der Waals surface area contributed by atoms with E-state index in [4.69, 9.17) is 0 Å². The highest BCUT2D eigenvalue weighted by Crippen LogP contribution is 2.28.